The molecule has 1 atom stereocenters. The molecule has 1 N–H and O–H groups in total. The van der Waals surface area contributed by atoms with Gasteiger partial charge >= 0.3 is 0 Å². The maximum Gasteiger partial charge on any atom is 0.224 e. The number of hydrogen-bond donors (Lipinski definition) is 1. The lowest BCUT2D eigenvalue weighted by Crippen LogP contribution is -2.45. The van der Waals surface area contributed by atoms with Crippen LogP contribution in [0, 0.1) is 5.92 Å². The van der Waals surface area contributed by atoms with Gasteiger partial charge < -0.3 is 5.32 Å². The summed E-state index contributed by atoms with van der Waals surface area (Å²) in [4.78, 5) is 15.2. The van der Waals surface area contributed by atoms with Crippen molar-refractivity contribution in [3.05, 3.63) is 34.9 Å². The number of benzene rings is 1. The molecule has 1 amide bonds. The minimum atomic E-state index is 0.145. The molecule has 1 heterocycles. The Bertz CT molecular complexity index is 537. The van der Waals surface area contributed by atoms with Crippen molar-refractivity contribution >= 4 is 17.5 Å². The van der Waals surface area contributed by atoms with Gasteiger partial charge in [-0.2, -0.15) is 0 Å². The third-order valence-electron chi connectivity index (χ3n) is 5.65. The maximum absolute atomic E-state index is 12.8. The van der Waals surface area contributed by atoms with Crippen LogP contribution in [-0.2, 0) is 11.3 Å². The molecule has 0 radical (unpaired) electrons. The van der Waals surface area contributed by atoms with Crippen LogP contribution in [0.2, 0.25) is 5.02 Å². The van der Waals surface area contributed by atoms with Crippen LogP contribution in [0.3, 0.4) is 0 Å². The SMILES string of the molecule is O=C(NC1CCCCCCC1)[C@H]1CCCN(Cc2ccc(Cl)cc2)C1. The fraction of sp³-hybridized carbons (Fsp3) is 0.667. The molecule has 1 saturated carbocycles. The normalized spacial score (nSPS) is 23.6. The highest BCUT2D eigenvalue weighted by molar-refractivity contribution is 6.30. The molecular formula is C21H31ClN2O. The van der Waals surface area contributed by atoms with E-state index in [2.05, 4.69) is 22.3 Å². The standard InChI is InChI=1S/C21H31ClN2O/c22-19-12-10-17(11-13-19)15-24-14-6-7-18(16-24)21(25)23-20-8-4-2-1-3-5-9-20/h10-13,18,20H,1-9,14-16H2,(H,23,25)/t18-/m0/s1. The van der Waals surface area contributed by atoms with E-state index in [0.717, 1.165) is 50.3 Å². The Morgan fingerprint density at radius 1 is 1.00 bits per heavy atom. The molecule has 138 valence electrons. The van der Waals surface area contributed by atoms with Crippen molar-refractivity contribution in [3.63, 3.8) is 0 Å². The van der Waals surface area contributed by atoms with Crippen LogP contribution in [0.5, 0.6) is 0 Å². The zero-order valence-corrected chi connectivity index (χ0v) is 15.9. The average Bonchev–Trinajstić information content (AvgIpc) is 2.59. The van der Waals surface area contributed by atoms with Crippen molar-refractivity contribution in [1.29, 1.82) is 0 Å². The fourth-order valence-corrected chi connectivity index (χ4v) is 4.31. The van der Waals surface area contributed by atoms with Gasteiger partial charge in [-0.1, -0.05) is 55.8 Å². The minimum absolute atomic E-state index is 0.145. The first-order valence-electron chi connectivity index (χ1n) is 9.98. The first-order valence-corrected chi connectivity index (χ1v) is 10.4. The topological polar surface area (TPSA) is 32.3 Å². The lowest BCUT2D eigenvalue weighted by molar-refractivity contribution is -0.127. The molecule has 2 fully saturated rings. The van der Waals surface area contributed by atoms with Crippen molar-refractivity contribution in [1.82, 2.24) is 10.2 Å². The molecule has 0 unspecified atom stereocenters. The zero-order chi connectivity index (χ0) is 17.5. The highest BCUT2D eigenvalue weighted by Gasteiger charge is 2.27. The number of likely N-dealkylation sites (tertiary alicyclic amines) is 1. The van der Waals surface area contributed by atoms with Gasteiger partial charge in [-0.05, 0) is 49.9 Å². The van der Waals surface area contributed by atoms with Crippen LogP contribution >= 0.6 is 11.6 Å². The second-order valence-electron chi connectivity index (χ2n) is 7.75. The molecule has 3 nitrogen and oxygen atoms in total. The first-order chi connectivity index (χ1) is 12.2. The third kappa shape index (κ3) is 6.00. The second kappa shape index (κ2) is 9.59. The largest absolute Gasteiger partial charge is 0.353 e. The average molecular weight is 363 g/mol. The van der Waals surface area contributed by atoms with Gasteiger partial charge in [0.05, 0.1) is 5.92 Å². The van der Waals surface area contributed by atoms with Crippen LogP contribution in [0.15, 0.2) is 24.3 Å². The number of rotatable bonds is 4. The van der Waals surface area contributed by atoms with Crippen LogP contribution in [0.4, 0.5) is 0 Å². The summed E-state index contributed by atoms with van der Waals surface area (Å²) in [6.45, 7) is 2.86. The Labute approximate surface area is 157 Å². The van der Waals surface area contributed by atoms with E-state index in [4.69, 9.17) is 11.6 Å². The van der Waals surface area contributed by atoms with Gasteiger partial charge in [-0.3, -0.25) is 9.69 Å². The maximum atomic E-state index is 12.8. The summed E-state index contributed by atoms with van der Waals surface area (Å²) in [6, 6.07) is 8.46. The number of piperidine rings is 1. The smallest absolute Gasteiger partial charge is 0.224 e. The molecule has 1 aromatic rings. The van der Waals surface area contributed by atoms with Crippen LogP contribution in [0.1, 0.15) is 63.4 Å². The van der Waals surface area contributed by atoms with E-state index in [1.54, 1.807) is 0 Å². The van der Waals surface area contributed by atoms with Crippen molar-refractivity contribution in [2.75, 3.05) is 13.1 Å². The van der Waals surface area contributed by atoms with Crippen molar-refractivity contribution in [3.8, 4) is 0 Å². The number of hydrogen-bond acceptors (Lipinski definition) is 2. The predicted molar refractivity (Wildman–Crippen MR) is 104 cm³/mol. The molecule has 2 aliphatic rings. The van der Waals surface area contributed by atoms with E-state index < -0.39 is 0 Å². The number of halogens is 1. The molecule has 1 aliphatic carbocycles. The molecule has 1 aliphatic heterocycles. The van der Waals surface area contributed by atoms with Gasteiger partial charge in [0.1, 0.15) is 0 Å². The summed E-state index contributed by atoms with van der Waals surface area (Å²) < 4.78 is 0. The first kappa shape index (κ1) is 18.7. The number of amides is 1. The Hall–Kier alpha value is -1.06. The minimum Gasteiger partial charge on any atom is -0.353 e. The van der Waals surface area contributed by atoms with Gasteiger partial charge in [0.25, 0.3) is 0 Å². The highest BCUT2D eigenvalue weighted by atomic mass is 35.5. The lowest BCUT2D eigenvalue weighted by atomic mass is 9.93. The van der Waals surface area contributed by atoms with Gasteiger partial charge in [0, 0.05) is 24.2 Å². The monoisotopic (exact) mass is 362 g/mol. The van der Waals surface area contributed by atoms with Crippen molar-refractivity contribution in [2.45, 2.75) is 70.4 Å². The molecule has 1 aromatic carbocycles. The number of nitrogens with zero attached hydrogens (tertiary/aromatic N) is 1. The second-order valence-corrected chi connectivity index (χ2v) is 8.19. The Kier molecular flexibility index (Phi) is 7.18. The summed E-state index contributed by atoms with van der Waals surface area (Å²) >= 11 is 5.97. The quantitative estimate of drug-likeness (QED) is 0.835. The Morgan fingerprint density at radius 3 is 2.40 bits per heavy atom. The number of carbonyl (C=O) groups excluding carboxylic acids is 1. The van der Waals surface area contributed by atoms with Gasteiger partial charge in [-0.25, -0.2) is 0 Å². The van der Waals surface area contributed by atoms with Crippen LogP contribution in [0.25, 0.3) is 0 Å². The lowest BCUT2D eigenvalue weighted by Gasteiger charge is -2.33. The summed E-state index contributed by atoms with van der Waals surface area (Å²) in [5.74, 6) is 0.429. The van der Waals surface area contributed by atoms with E-state index in [0.29, 0.717) is 6.04 Å². The molecule has 4 heteroatoms. The zero-order valence-electron chi connectivity index (χ0n) is 15.2. The summed E-state index contributed by atoms with van der Waals surface area (Å²) in [6.07, 6.45) is 11.0. The summed E-state index contributed by atoms with van der Waals surface area (Å²) in [7, 11) is 0. The molecule has 1 saturated heterocycles. The number of carbonyl (C=O) groups is 1. The fourth-order valence-electron chi connectivity index (χ4n) is 4.18. The van der Waals surface area contributed by atoms with E-state index >= 15 is 0 Å². The van der Waals surface area contributed by atoms with E-state index in [1.807, 2.05) is 12.1 Å². The van der Waals surface area contributed by atoms with E-state index in [-0.39, 0.29) is 11.8 Å². The van der Waals surface area contributed by atoms with Gasteiger partial charge in [0.2, 0.25) is 5.91 Å². The van der Waals surface area contributed by atoms with Crippen molar-refractivity contribution in [2.24, 2.45) is 5.92 Å². The van der Waals surface area contributed by atoms with Gasteiger partial charge in [-0.15, -0.1) is 0 Å². The molecule has 0 bridgehead atoms. The predicted octanol–water partition coefficient (Wildman–Crippen LogP) is 4.78. The number of nitrogens with one attached hydrogen (secondary N) is 1. The van der Waals surface area contributed by atoms with Crippen LogP contribution in [-0.4, -0.2) is 29.9 Å². The third-order valence-corrected chi connectivity index (χ3v) is 5.90. The molecule has 3 rings (SSSR count). The van der Waals surface area contributed by atoms with E-state index in [1.165, 1.54) is 37.7 Å². The summed E-state index contributed by atoms with van der Waals surface area (Å²) in [5, 5.41) is 4.14. The highest BCUT2D eigenvalue weighted by Crippen LogP contribution is 2.22. The molecule has 0 aromatic heterocycles. The van der Waals surface area contributed by atoms with E-state index in [9.17, 15) is 4.79 Å². The Balaban J connectivity index is 1.49. The Morgan fingerprint density at radius 2 is 1.68 bits per heavy atom. The molecular weight excluding hydrogens is 332 g/mol. The van der Waals surface area contributed by atoms with Crippen molar-refractivity contribution < 1.29 is 4.79 Å². The van der Waals surface area contributed by atoms with Crippen LogP contribution < -0.4 is 5.32 Å². The van der Waals surface area contributed by atoms with Gasteiger partial charge in [0.15, 0.2) is 0 Å². The molecule has 25 heavy (non-hydrogen) atoms. The molecule has 0 spiro atoms. The summed E-state index contributed by atoms with van der Waals surface area (Å²) in [5.41, 5.74) is 1.27.